The summed E-state index contributed by atoms with van der Waals surface area (Å²) < 4.78 is 23.2. The zero-order valence-corrected chi connectivity index (χ0v) is 8.12. The number of aliphatic hydroxyl groups is 1. The minimum absolute atomic E-state index is 0.328. The molecule has 1 N–H and O–H groups in total. The SMILES string of the molecule is CC(C)(O)OCCC1OCCC1F. The number of rotatable bonds is 4. The Bertz CT molecular complexity index is 155. The fraction of sp³-hybridized carbons (Fsp3) is 1.00. The molecule has 1 aliphatic rings. The lowest BCUT2D eigenvalue weighted by Gasteiger charge is -2.19. The third kappa shape index (κ3) is 4.02. The second kappa shape index (κ2) is 4.35. The van der Waals surface area contributed by atoms with E-state index in [2.05, 4.69) is 0 Å². The Labute approximate surface area is 77.8 Å². The van der Waals surface area contributed by atoms with Crippen molar-refractivity contribution in [2.75, 3.05) is 13.2 Å². The zero-order chi connectivity index (χ0) is 9.90. The molecule has 0 spiro atoms. The molecule has 1 saturated heterocycles. The van der Waals surface area contributed by atoms with Crippen LogP contribution < -0.4 is 0 Å². The highest BCUT2D eigenvalue weighted by Gasteiger charge is 2.28. The van der Waals surface area contributed by atoms with Crippen LogP contribution in [0.3, 0.4) is 0 Å². The van der Waals surface area contributed by atoms with Crippen molar-refractivity contribution in [1.29, 1.82) is 0 Å². The van der Waals surface area contributed by atoms with Gasteiger partial charge in [0, 0.05) is 13.0 Å². The van der Waals surface area contributed by atoms with Crippen molar-refractivity contribution in [2.45, 2.75) is 44.8 Å². The molecule has 2 atom stereocenters. The van der Waals surface area contributed by atoms with E-state index >= 15 is 0 Å². The average molecular weight is 192 g/mol. The maximum absolute atomic E-state index is 13.0. The summed E-state index contributed by atoms with van der Waals surface area (Å²) in [6.07, 6.45) is -0.231. The van der Waals surface area contributed by atoms with Gasteiger partial charge in [-0.1, -0.05) is 0 Å². The van der Waals surface area contributed by atoms with Crippen molar-refractivity contribution in [1.82, 2.24) is 0 Å². The van der Waals surface area contributed by atoms with E-state index in [9.17, 15) is 9.50 Å². The van der Waals surface area contributed by atoms with Crippen molar-refractivity contribution in [3.05, 3.63) is 0 Å². The minimum Gasteiger partial charge on any atom is -0.375 e. The molecule has 1 fully saturated rings. The third-order valence-electron chi connectivity index (χ3n) is 1.99. The van der Waals surface area contributed by atoms with E-state index in [1.807, 2.05) is 0 Å². The summed E-state index contributed by atoms with van der Waals surface area (Å²) in [5.74, 6) is -1.13. The van der Waals surface area contributed by atoms with Crippen molar-refractivity contribution in [3.8, 4) is 0 Å². The predicted molar refractivity (Wildman–Crippen MR) is 46.1 cm³/mol. The van der Waals surface area contributed by atoms with Crippen molar-refractivity contribution >= 4 is 0 Å². The van der Waals surface area contributed by atoms with Crippen LogP contribution in [0.1, 0.15) is 26.7 Å². The van der Waals surface area contributed by atoms with Crippen LogP contribution in [0.2, 0.25) is 0 Å². The molecule has 13 heavy (non-hydrogen) atoms. The summed E-state index contributed by atoms with van der Waals surface area (Å²) in [4.78, 5) is 0. The topological polar surface area (TPSA) is 38.7 Å². The van der Waals surface area contributed by atoms with Crippen LogP contribution in [0.15, 0.2) is 0 Å². The Balaban J connectivity index is 2.12. The van der Waals surface area contributed by atoms with Gasteiger partial charge in [-0.05, 0) is 20.3 Å². The molecule has 0 saturated carbocycles. The molecule has 2 unspecified atom stereocenters. The largest absolute Gasteiger partial charge is 0.375 e. The maximum Gasteiger partial charge on any atom is 0.159 e. The second-order valence-corrected chi connectivity index (χ2v) is 3.80. The zero-order valence-electron chi connectivity index (χ0n) is 8.12. The first-order valence-electron chi connectivity index (χ1n) is 4.61. The summed E-state index contributed by atoms with van der Waals surface area (Å²) in [7, 11) is 0. The normalized spacial score (nSPS) is 29.5. The molecule has 0 aromatic rings. The smallest absolute Gasteiger partial charge is 0.159 e. The number of halogens is 1. The molecular formula is C9H17FO3. The van der Waals surface area contributed by atoms with Gasteiger partial charge in [-0.2, -0.15) is 0 Å². The van der Waals surface area contributed by atoms with E-state index < -0.39 is 12.0 Å². The molecule has 0 radical (unpaired) electrons. The van der Waals surface area contributed by atoms with E-state index in [0.717, 1.165) is 0 Å². The maximum atomic E-state index is 13.0. The van der Waals surface area contributed by atoms with Crippen LogP contribution >= 0.6 is 0 Å². The van der Waals surface area contributed by atoms with Crippen LogP contribution in [-0.2, 0) is 9.47 Å². The number of hydrogen-bond acceptors (Lipinski definition) is 3. The van der Waals surface area contributed by atoms with Crippen molar-refractivity contribution < 1.29 is 19.0 Å². The van der Waals surface area contributed by atoms with Gasteiger partial charge in [0.2, 0.25) is 0 Å². The molecule has 0 aromatic heterocycles. The van der Waals surface area contributed by atoms with Crippen LogP contribution in [0.4, 0.5) is 4.39 Å². The van der Waals surface area contributed by atoms with Crippen molar-refractivity contribution in [3.63, 3.8) is 0 Å². The highest BCUT2D eigenvalue weighted by Crippen LogP contribution is 2.20. The highest BCUT2D eigenvalue weighted by molar-refractivity contribution is 4.75. The Morgan fingerprint density at radius 1 is 1.62 bits per heavy atom. The molecule has 1 aliphatic heterocycles. The summed E-state index contributed by atoms with van der Waals surface area (Å²) >= 11 is 0. The van der Waals surface area contributed by atoms with Gasteiger partial charge >= 0.3 is 0 Å². The first kappa shape index (κ1) is 10.9. The molecular weight excluding hydrogens is 175 g/mol. The number of ether oxygens (including phenoxy) is 2. The van der Waals surface area contributed by atoms with Crippen LogP contribution in [0, 0.1) is 0 Å². The van der Waals surface area contributed by atoms with E-state index in [4.69, 9.17) is 9.47 Å². The average Bonchev–Trinajstić information content (AvgIpc) is 2.34. The van der Waals surface area contributed by atoms with Gasteiger partial charge in [0.1, 0.15) is 6.17 Å². The molecule has 1 rings (SSSR count). The van der Waals surface area contributed by atoms with Gasteiger partial charge in [-0.25, -0.2) is 4.39 Å². The molecule has 3 nitrogen and oxygen atoms in total. The van der Waals surface area contributed by atoms with Crippen LogP contribution in [0.25, 0.3) is 0 Å². The Kier molecular flexibility index (Phi) is 3.64. The second-order valence-electron chi connectivity index (χ2n) is 3.80. The lowest BCUT2D eigenvalue weighted by atomic mass is 10.1. The molecule has 4 heteroatoms. The molecule has 0 aromatic carbocycles. The molecule has 78 valence electrons. The predicted octanol–water partition coefficient (Wildman–Crippen LogP) is 1.25. The van der Waals surface area contributed by atoms with E-state index in [0.29, 0.717) is 26.1 Å². The van der Waals surface area contributed by atoms with Gasteiger partial charge < -0.3 is 14.6 Å². The Hall–Kier alpha value is -0.190. The fourth-order valence-corrected chi connectivity index (χ4v) is 1.31. The lowest BCUT2D eigenvalue weighted by molar-refractivity contribution is -0.180. The third-order valence-corrected chi connectivity index (χ3v) is 1.99. The summed E-state index contributed by atoms with van der Waals surface area (Å²) in [5.41, 5.74) is 0. The first-order valence-corrected chi connectivity index (χ1v) is 4.61. The quantitative estimate of drug-likeness (QED) is 0.681. The van der Waals surface area contributed by atoms with E-state index in [1.54, 1.807) is 13.8 Å². The molecule has 1 heterocycles. The number of alkyl halides is 1. The van der Waals surface area contributed by atoms with Gasteiger partial charge in [-0.3, -0.25) is 0 Å². The summed E-state index contributed by atoms with van der Waals surface area (Å²) in [6.45, 7) is 3.92. The minimum atomic E-state index is -1.13. The Morgan fingerprint density at radius 3 is 2.77 bits per heavy atom. The van der Waals surface area contributed by atoms with Gasteiger partial charge in [0.05, 0.1) is 12.7 Å². The highest BCUT2D eigenvalue weighted by atomic mass is 19.1. The van der Waals surface area contributed by atoms with Crippen LogP contribution in [-0.4, -0.2) is 36.4 Å². The van der Waals surface area contributed by atoms with Crippen LogP contribution in [0.5, 0.6) is 0 Å². The van der Waals surface area contributed by atoms with Gasteiger partial charge in [-0.15, -0.1) is 0 Å². The lowest BCUT2D eigenvalue weighted by Crippen LogP contribution is -2.27. The fourth-order valence-electron chi connectivity index (χ4n) is 1.31. The summed E-state index contributed by atoms with van der Waals surface area (Å²) in [6, 6.07) is 0. The van der Waals surface area contributed by atoms with Gasteiger partial charge in [0.25, 0.3) is 0 Å². The summed E-state index contributed by atoms with van der Waals surface area (Å²) in [5, 5.41) is 9.20. The standard InChI is InChI=1S/C9H17FO3/c1-9(2,11)13-6-4-8-7(10)3-5-12-8/h7-8,11H,3-6H2,1-2H3. The van der Waals surface area contributed by atoms with Gasteiger partial charge in [0.15, 0.2) is 5.79 Å². The van der Waals surface area contributed by atoms with Crippen molar-refractivity contribution in [2.24, 2.45) is 0 Å². The van der Waals surface area contributed by atoms with E-state index in [-0.39, 0.29) is 6.10 Å². The first-order chi connectivity index (χ1) is 5.99. The molecule has 0 amide bonds. The monoisotopic (exact) mass is 192 g/mol. The Morgan fingerprint density at radius 2 is 2.31 bits per heavy atom. The van der Waals surface area contributed by atoms with E-state index in [1.165, 1.54) is 0 Å². The molecule has 0 bridgehead atoms. The molecule has 0 aliphatic carbocycles. The number of hydrogen-bond donors (Lipinski definition) is 1.